The van der Waals surface area contributed by atoms with E-state index in [4.69, 9.17) is 31.2 Å². The van der Waals surface area contributed by atoms with Crippen LogP contribution in [0.2, 0.25) is 5.28 Å². The lowest BCUT2D eigenvalue weighted by Crippen LogP contribution is -2.34. The van der Waals surface area contributed by atoms with Gasteiger partial charge in [-0.25, -0.2) is 4.98 Å². The van der Waals surface area contributed by atoms with Crippen molar-refractivity contribution in [3.8, 4) is 0 Å². The van der Waals surface area contributed by atoms with Gasteiger partial charge >= 0.3 is 7.60 Å². The van der Waals surface area contributed by atoms with Crippen LogP contribution in [-0.4, -0.2) is 74.6 Å². The van der Waals surface area contributed by atoms with Crippen LogP contribution in [0.4, 0.5) is 5.82 Å². The Morgan fingerprint density at radius 3 is 2.71 bits per heavy atom. The smallest absolute Gasteiger partial charge is 0.363 e. The molecule has 1 fully saturated rings. The second kappa shape index (κ2) is 8.03. The Bertz CT molecular complexity index is 1150. The van der Waals surface area contributed by atoms with E-state index in [1.165, 1.54) is 17.8 Å². The molecule has 0 aliphatic carbocycles. The number of aliphatic hydroxyl groups is 2. The Morgan fingerprint density at radius 1 is 1.32 bits per heavy atom. The van der Waals surface area contributed by atoms with E-state index in [0.29, 0.717) is 0 Å². The van der Waals surface area contributed by atoms with Crippen molar-refractivity contribution in [1.29, 1.82) is 0 Å². The highest BCUT2D eigenvalue weighted by Crippen LogP contribution is 2.52. The van der Waals surface area contributed by atoms with Gasteiger partial charge in [-0.05, 0) is 11.6 Å². The number of ether oxygens (including phenoxy) is 2. The molecule has 0 amide bonds. The average molecular weight is 478 g/mol. The van der Waals surface area contributed by atoms with Crippen molar-refractivity contribution in [3.63, 3.8) is 0 Å². The van der Waals surface area contributed by atoms with Crippen LogP contribution in [0.15, 0.2) is 10.7 Å². The summed E-state index contributed by atoms with van der Waals surface area (Å²) in [6.45, 7) is 0.923. The standard InChI is InChI=1S/C14H17ClN7O8P/c1-4-20-21-11(29-4)13(31(25,26)27)28-2-5-7(23)8(24)12(30-5)22-3-17-6-9(16)18-14(15)19-10(6)22/h3,5,7-8,12-13,23-24H,2H2,1H3,(H2,16,18,19)(H2,25,26,27). The summed E-state index contributed by atoms with van der Waals surface area (Å²) >= 11 is 5.83. The lowest BCUT2D eigenvalue weighted by atomic mass is 10.1. The molecule has 5 unspecified atom stereocenters. The number of hydrogen-bond donors (Lipinski definition) is 5. The highest BCUT2D eigenvalue weighted by Gasteiger charge is 2.46. The number of anilines is 1. The number of aryl methyl sites for hydroxylation is 1. The van der Waals surface area contributed by atoms with Crippen molar-refractivity contribution in [3.05, 3.63) is 23.4 Å². The number of imidazole rings is 1. The average Bonchev–Trinajstić information content (AvgIpc) is 3.35. The summed E-state index contributed by atoms with van der Waals surface area (Å²) in [6.07, 6.45) is -4.00. The van der Waals surface area contributed by atoms with Crippen molar-refractivity contribution < 1.29 is 38.5 Å². The zero-order valence-corrected chi connectivity index (χ0v) is 17.3. The molecular weight excluding hydrogens is 461 g/mol. The first-order chi connectivity index (χ1) is 14.6. The fourth-order valence-corrected chi connectivity index (χ4v) is 3.95. The Labute approximate surface area is 178 Å². The molecule has 0 bridgehead atoms. The molecule has 1 saturated heterocycles. The highest BCUT2D eigenvalue weighted by molar-refractivity contribution is 7.51. The second-order valence-corrected chi connectivity index (χ2v) is 8.67. The first-order valence-electron chi connectivity index (χ1n) is 8.70. The third kappa shape index (κ3) is 4.14. The molecule has 4 heterocycles. The molecule has 3 aromatic rings. The van der Waals surface area contributed by atoms with Gasteiger partial charge in [0.1, 0.15) is 23.8 Å². The lowest BCUT2D eigenvalue weighted by molar-refractivity contribution is -0.0756. The number of halogens is 1. The fourth-order valence-electron chi connectivity index (χ4n) is 3.10. The van der Waals surface area contributed by atoms with Gasteiger partial charge in [0.05, 0.1) is 12.9 Å². The monoisotopic (exact) mass is 477 g/mol. The Kier molecular flexibility index (Phi) is 5.70. The van der Waals surface area contributed by atoms with Gasteiger partial charge in [-0.15, -0.1) is 10.2 Å². The molecule has 5 atom stereocenters. The van der Waals surface area contributed by atoms with Gasteiger partial charge in [0.25, 0.3) is 5.89 Å². The molecule has 31 heavy (non-hydrogen) atoms. The number of aromatic nitrogens is 6. The Balaban J connectivity index is 1.55. The van der Waals surface area contributed by atoms with Gasteiger partial charge in [0.2, 0.25) is 17.0 Å². The number of hydrogen-bond acceptors (Lipinski definition) is 12. The van der Waals surface area contributed by atoms with Gasteiger partial charge < -0.3 is 39.6 Å². The number of aliphatic hydroxyl groups excluding tert-OH is 2. The maximum Gasteiger partial charge on any atom is 0.363 e. The van der Waals surface area contributed by atoms with Crippen LogP contribution >= 0.6 is 19.2 Å². The number of fused-ring (bicyclic) bond motifs is 1. The van der Waals surface area contributed by atoms with Crippen LogP contribution in [0.5, 0.6) is 0 Å². The summed E-state index contributed by atoms with van der Waals surface area (Å²) in [4.78, 5) is 31.0. The van der Waals surface area contributed by atoms with Gasteiger partial charge in [0, 0.05) is 6.92 Å². The van der Waals surface area contributed by atoms with E-state index >= 15 is 0 Å². The van der Waals surface area contributed by atoms with Crippen molar-refractivity contribution in [2.45, 2.75) is 37.3 Å². The number of rotatable bonds is 6. The van der Waals surface area contributed by atoms with Crippen LogP contribution in [0.25, 0.3) is 11.2 Å². The summed E-state index contributed by atoms with van der Waals surface area (Å²) < 4.78 is 29.0. The quantitative estimate of drug-likeness (QED) is 0.218. The first-order valence-corrected chi connectivity index (χ1v) is 10.8. The van der Waals surface area contributed by atoms with Crippen molar-refractivity contribution in [1.82, 2.24) is 29.7 Å². The predicted molar refractivity (Wildman–Crippen MR) is 100 cm³/mol. The van der Waals surface area contributed by atoms with Gasteiger partial charge in [0.15, 0.2) is 17.7 Å². The number of nitrogens with zero attached hydrogens (tertiary/aromatic N) is 6. The zero-order chi connectivity index (χ0) is 22.5. The van der Waals surface area contributed by atoms with E-state index in [2.05, 4.69) is 25.1 Å². The first kappa shape index (κ1) is 22.0. The molecule has 17 heteroatoms. The maximum atomic E-state index is 11.8. The molecule has 6 N–H and O–H groups in total. The van der Waals surface area contributed by atoms with E-state index in [1.807, 2.05) is 0 Å². The van der Waals surface area contributed by atoms with Crippen LogP contribution in [0.1, 0.15) is 23.9 Å². The van der Waals surface area contributed by atoms with E-state index in [1.54, 1.807) is 0 Å². The third-order valence-corrected chi connectivity index (χ3v) is 5.66. The minimum atomic E-state index is -4.86. The summed E-state index contributed by atoms with van der Waals surface area (Å²) in [7, 11) is -4.86. The molecule has 0 spiro atoms. The second-order valence-electron chi connectivity index (χ2n) is 6.68. The SMILES string of the molecule is Cc1nnc(C(OCC2OC(n3cnc4c(N)nc(Cl)nc43)C(O)C2O)P(=O)(O)O)o1. The maximum absolute atomic E-state index is 11.8. The molecule has 4 rings (SSSR count). The Hall–Kier alpha value is -2.23. The summed E-state index contributed by atoms with van der Waals surface area (Å²) in [5.41, 5.74) is 6.13. The largest absolute Gasteiger partial charge is 0.422 e. The third-order valence-electron chi connectivity index (χ3n) is 4.51. The van der Waals surface area contributed by atoms with Gasteiger partial charge in [-0.1, -0.05) is 0 Å². The number of nitrogens with two attached hydrogens (primary N) is 1. The van der Waals surface area contributed by atoms with Crippen molar-refractivity contribution >= 4 is 36.2 Å². The van der Waals surface area contributed by atoms with Gasteiger partial charge in [-0.2, -0.15) is 9.97 Å². The van der Waals surface area contributed by atoms with Crippen molar-refractivity contribution in [2.75, 3.05) is 12.3 Å². The molecular formula is C14H17ClN7O8P. The van der Waals surface area contributed by atoms with E-state index < -0.39 is 50.5 Å². The van der Waals surface area contributed by atoms with Crippen molar-refractivity contribution in [2.24, 2.45) is 0 Å². The van der Waals surface area contributed by atoms with Crippen LogP contribution in [-0.2, 0) is 14.0 Å². The number of nitrogen functional groups attached to an aromatic ring is 1. The minimum Gasteiger partial charge on any atom is -0.422 e. The predicted octanol–water partition coefficient (Wildman–Crippen LogP) is -0.734. The van der Waals surface area contributed by atoms with E-state index in [-0.39, 0.29) is 28.2 Å². The summed E-state index contributed by atoms with van der Waals surface area (Å²) in [6, 6.07) is 0. The fraction of sp³-hybridized carbons (Fsp3) is 0.500. The zero-order valence-electron chi connectivity index (χ0n) is 15.7. The molecule has 168 valence electrons. The summed E-state index contributed by atoms with van der Waals surface area (Å²) in [5, 5.41) is 27.8. The van der Waals surface area contributed by atoms with Gasteiger partial charge in [-0.3, -0.25) is 9.13 Å². The van der Waals surface area contributed by atoms with Crippen LogP contribution in [0.3, 0.4) is 0 Å². The van der Waals surface area contributed by atoms with Crippen LogP contribution in [0, 0.1) is 6.92 Å². The molecule has 0 aromatic carbocycles. The Morgan fingerprint density at radius 2 is 2.06 bits per heavy atom. The molecule has 3 aromatic heterocycles. The lowest BCUT2D eigenvalue weighted by Gasteiger charge is -2.20. The highest BCUT2D eigenvalue weighted by atomic mass is 35.5. The molecule has 1 aliphatic heterocycles. The van der Waals surface area contributed by atoms with E-state index in [0.717, 1.165) is 0 Å². The molecule has 0 radical (unpaired) electrons. The van der Waals surface area contributed by atoms with E-state index in [9.17, 15) is 24.6 Å². The summed E-state index contributed by atoms with van der Waals surface area (Å²) in [5.74, 6) is -2.21. The molecule has 0 saturated carbocycles. The molecule has 1 aliphatic rings. The normalized spacial score (nSPS) is 25.4. The molecule has 15 nitrogen and oxygen atoms in total. The topological polar surface area (TPSA) is 225 Å². The van der Waals surface area contributed by atoms with Crippen LogP contribution < -0.4 is 5.73 Å². The minimum absolute atomic E-state index is 0.0148.